The van der Waals surface area contributed by atoms with Crippen LogP contribution in [0.2, 0.25) is 0 Å². The molecule has 2 heterocycles. The molecular formula is C27H24BrN3O3. The molecule has 0 saturated carbocycles. The summed E-state index contributed by atoms with van der Waals surface area (Å²) in [6.45, 7) is 5.57. The van der Waals surface area contributed by atoms with Crippen LogP contribution in [0.15, 0.2) is 65.3 Å². The van der Waals surface area contributed by atoms with Gasteiger partial charge in [0.25, 0.3) is 5.91 Å². The average Bonchev–Trinajstić information content (AvgIpc) is 2.80. The Kier molecular flexibility index (Phi) is 6.75. The number of benzene rings is 2. The number of amides is 1. The summed E-state index contributed by atoms with van der Waals surface area (Å²) < 4.78 is 0.854. The summed E-state index contributed by atoms with van der Waals surface area (Å²) in [6, 6.07) is 17.2. The molecule has 6 nitrogen and oxygen atoms in total. The van der Waals surface area contributed by atoms with Crippen molar-refractivity contribution in [3.63, 3.8) is 0 Å². The van der Waals surface area contributed by atoms with Gasteiger partial charge >= 0.3 is 5.97 Å². The maximum absolute atomic E-state index is 13.7. The minimum absolute atomic E-state index is 0.0339. The van der Waals surface area contributed by atoms with Crippen LogP contribution < -0.4 is 5.32 Å². The van der Waals surface area contributed by atoms with Gasteiger partial charge in [-0.15, -0.1) is 0 Å². The Morgan fingerprint density at radius 3 is 2.50 bits per heavy atom. The number of carbonyl (C=O) groups is 2. The van der Waals surface area contributed by atoms with Crippen LogP contribution in [0.3, 0.4) is 0 Å². The second-order valence-corrected chi connectivity index (χ2v) is 9.23. The number of hydrogen-bond acceptors (Lipinski definition) is 4. The quantitative estimate of drug-likeness (QED) is 0.304. The fraction of sp³-hybridized carbons (Fsp3) is 0.185. The van der Waals surface area contributed by atoms with E-state index in [2.05, 4.69) is 26.2 Å². The van der Waals surface area contributed by atoms with Gasteiger partial charge < -0.3 is 10.4 Å². The number of anilines is 1. The number of fused-ring (bicyclic) bond motifs is 1. The number of nitrogens with one attached hydrogen (secondary N) is 1. The van der Waals surface area contributed by atoms with E-state index in [1.807, 2.05) is 69.3 Å². The van der Waals surface area contributed by atoms with E-state index >= 15 is 0 Å². The zero-order chi connectivity index (χ0) is 24.4. The summed E-state index contributed by atoms with van der Waals surface area (Å²) in [5.41, 5.74) is 5.75. The molecule has 0 radical (unpaired) electrons. The van der Waals surface area contributed by atoms with Crippen molar-refractivity contribution in [3.05, 3.63) is 87.7 Å². The van der Waals surface area contributed by atoms with Crippen LogP contribution in [0.5, 0.6) is 0 Å². The van der Waals surface area contributed by atoms with E-state index in [0.29, 0.717) is 16.9 Å². The first-order chi connectivity index (χ1) is 16.3. The molecule has 0 aliphatic carbocycles. The van der Waals surface area contributed by atoms with E-state index in [1.54, 1.807) is 12.3 Å². The van der Waals surface area contributed by atoms with Crippen LogP contribution in [0, 0.1) is 13.8 Å². The van der Waals surface area contributed by atoms with Gasteiger partial charge in [-0.05, 0) is 49.2 Å². The lowest BCUT2D eigenvalue weighted by atomic mass is 9.96. The molecule has 4 rings (SSSR count). The van der Waals surface area contributed by atoms with Gasteiger partial charge in [0.1, 0.15) is 0 Å². The molecule has 0 saturated heterocycles. The molecule has 2 N–H and O–H groups in total. The van der Waals surface area contributed by atoms with Crippen molar-refractivity contribution in [3.8, 4) is 11.3 Å². The zero-order valence-electron chi connectivity index (χ0n) is 19.1. The normalized spacial score (nSPS) is 11.9. The number of aromatic nitrogens is 2. The lowest BCUT2D eigenvalue weighted by Gasteiger charge is -2.18. The van der Waals surface area contributed by atoms with E-state index in [9.17, 15) is 9.59 Å². The number of nitrogens with zero attached hydrogens (tertiary/aromatic N) is 2. The van der Waals surface area contributed by atoms with Crippen LogP contribution in [0.4, 0.5) is 5.69 Å². The highest BCUT2D eigenvalue weighted by Gasteiger charge is 2.21. The Morgan fingerprint density at radius 1 is 1.06 bits per heavy atom. The summed E-state index contributed by atoms with van der Waals surface area (Å²) in [6.07, 6.45) is 1.56. The van der Waals surface area contributed by atoms with Crippen molar-refractivity contribution in [2.75, 3.05) is 5.32 Å². The molecule has 172 valence electrons. The third kappa shape index (κ3) is 4.70. The summed E-state index contributed by atoms with van der Waals surface area (Å²) >= 11 is 3.51. The molecule has 1 unspecified atom stereocenters. The average molecular weight is 518 g/mol. The predicted octanol–water partition coefficient (Wildman–Crippen LogP) is 6.51. The molecule has 1 atom stereocenters. The van der Waals surface area contributed by atoms with Gasteiger partial charge in [0.15, 0.2) is 0 Å². The minimum Gasteiger partial charge on any atom is -0.481 e. The third-order valence-electron chi connectivity index (χ3n) is 5.90. The number of carbonyl (C=O) groups excluding carboxylic acids is 1. The molecular weight excluding hydrogens is 494 g/mol. The second-order valence-electron chi connectivity index (χ2n) is 8.31. The number of carboxylic acid groups (broad SMARTS) is 1. The topological polar surface area (TPSA) is 92.2 Å². The molecule has 34 heavy (non-hydrogen) atoms. The van der Waals surface area contributed by atoms with E-state index in [1.165, 1.54) is 0 Å². The van der Waals surface area contributed by atoms with Gasteiger partial charge in [-0.25, -0.2) is 4.98 Å². The molecule has 7 heteroatoms. The summed E-state index contributed by atoms with van der Waals surface area (Å²) in [7, 11) is 0. The highest BCUT2D eigenvalue weighted by molar-refractivity contribution is 9.10. The SMILES string of the molecule is Cc1c(NC(=O)c2c(C)c(-c3ccccc3)nc3ccc(Br)cc23)ccnc1C(C)CC(=O)O. The Morgan fingerprint density at radius 2 is 1.79 bits per heavy atom. The molecule has 2 aromatic carbocycles. The molecule has 0 fully saturated rings. The van der Waals surface area contributed by atoms with Crippen molar-refractivity contribution in [1.82, 2.24) is 9.97 Å². The van der Waals surface area contributed by atoms with E-state index in [4.69, 9.17) is 10.1 Å². The van der Waals surface area contributed by atoms with Crippen molar-refractivity contribution in [2.24, 2.45) is 0 Å². The van der Waals surface area contributed by atoms with Gasteiger partial charge in [0.05, 0.1) is 23.2 Å². The van der Waals surface area contributed by atoms with Crippen LogP contribution in [-0.2, 0) is 4.79 Å². The zero-order valence-corrected chi connectivity index (χ0v) is 20.7. The fourth-order valence-electron chi connectivity index (χ4n) is 4.23. The van der Waals surface area contributed by atoms with Crippen molar-refractivity contribution in [2.45, 2.75) is 33.1 Å². The molecule has 2 aromatic heterocycles. The first-order valence-electron chi connectivity index (χ1n) is 10.9. The Balaban J connectivity index is 1.81. The van der Waals surface area contributed by atoms with Crippen molar-refractivity contribution < 1.29 is 14.7 Å². The fourth-order valence-corrected chi connectivity index (χ4v) is 4.59. The molecule has 0 aliphatic heterocycles. The van der Waals surface area contributed by atoms with E-state index < -0.39 is 5.97 Å². The van der Waals surface area contributed by atoms with Gasteiger partial charge in [-0.1, -0.05) is 53.2 Å². The van der Waals surface area contributed by atoms with Gasteiger partial charge in [0.2, 0.25) is 0 Å². The molecule has 0 bridgehead atoms. The monoisotopic (exact) mass is 517 g/mol. The van der Waals surface area contributed by atoms with E-state index in [-0.39, 0.29) is 18.2 Å². The smallest absolute Gasteiger partial charge is 0.304 e. The second kappa shape index (κ2) is 9.73. The number of rotatable bonds is 6. The maximum Gasteiger partial charge on any atom is 0.304 e. The van der Waals surface area contributed by atoms with Gasteiger partial charge in [0, 0.05) is 38.9 Å². The maximum atomic E-state index is 13.7. The lowest BCUT2D eigenvalue weighted by molar-refractivity contribution is -0.137. The molecule has 0 spiro atoms. The summed E-state index contributed by atoms with van der Waals surface area (Å²) in [5, 5.41) is 12.9. The Bertz CT molecular complexity index is 1400. The van der Waals surface area contributed by atoms with Crippen LogP contribution in [0.25, 0.3) is 22.2 Å². The highest BCUT2D eigenvalue weighted by Crippen LogP contribution is 2.32. The van der Waals surface area contributed by atoms with Crippen molar-refractivity contribution >= 4 is 44.4 Å². The van der Waals surface area contributed by atoms with E-state index in [0.717, 1.165) is 37.8 Å². The Labute approximate surface area is 206 Å². The minimum atomic E-state index is -0.888. The number of halogens is 1. The summed E-state index contributed by atoms with van der Waals surface area (Å²) in [5.74, 6) is -1.43. The standard InChI is InChI=1S/C27H24BrN3O3/c1-15(13-23(32)33)25-16(2)21(11-12-29-25)31-27(34)24-17(3)26(18-7-5-4-6-8-18)30-22-10-9-19(28)14-20(22)24/h4-12,14-15H,13H2,1-3H3,(H,32,33)(H,29,31,34). The molecule has 1 amide bonds. The van der Waals surface area contributed by atoms with Gasteiger partial charge in [-0.3, -0.25) is 14.6 Å². The summed E-state index contributed by atoms with van der Waals surface area (Å²) in [4.78, 5) is 34.1. The number of aliphatic carboxylic acids is 1. The first-order valence-corrected chi connectivity index (χ1v) is 11.7. The van der Waals surface area contributed by atoms with Crippen LogP contribution in [0.1, 0.15) is 46.4 Å². The molecule has 4 aromatic rings. The largest absolute Gasteiger partial charge is 0.481 e. The highest BCUT2D eigenvalue weighted by atomic mass is 79.9. The number of pyridine rings is 2. The molecule has 0 aliphatic rings. The number of carboxylic acids is 1. The van der Waals surface area contributed by atoms with Crippen LogP contribution >= 0.6 is 15.9 Å². The first kappa shape index (κ1) is 23.6. The lowest BCUT2D eigenvalue weighted by Crippen LogP contribution is -2.17. The Hall–Kier alpha value is -3.58. The predicted molar refractivity (Wildman–Crippen MR) is 137 cm³/mol. The third-order valence-corrected chi connectivity index (χ3v) is 6.40. The van der Waals surface area contributed by atoms with Crippen molar-refractivity contribution in [1.29, 1.82) is 0 Å². The van der Waals surface area contributed by atoms with Crippen LogP contribution in [-0.4, -0.2) is 27.0 Å². The number of hydrogen-bond donors (Lipinski definition) is 2. The van der Waals surface area contributed by atoms with Gasteiger partial charge in [-0.2, -0.15) is 0 Å².